The number of guanidine groups is 1. The lowest BCUT2D eigenvalue weighted by atomic mass is 9.87. The van der Waals surface area contributed by atoms with E-state index < -0.39 is 0 Å². The fraction of sp³-hybridized carbons (Fsp3) is 0.667. The fourth-order valence-corrected chi connectivity index (χ4v) is 2.77. The molecule has 0 saturated heterocycles. The second kappa shape index (κ2) is 7.80. The van der Waals surface area contributed by atoms with Gasteiger partial charge in [-0.25, -0.2) is 4.99 Å². The van der Waals surface area contributed by atoms with Crippen LogP contribution < -0.4 is 11.1 Å². The van der Waals surface area contributed by atoms with E-state index in [1.807, 2.05) is 17.8 Å². The molecule has 1 aliphatic carbocycles. The van der Waals surface area contributed by atoms with Crippen molar-refractivity contribution in [3.63, 3.8) is 0 Å². The Balaban J connectivity index is 1.90. The van der Waals surface area contributed by atoms with E-state index >= 15 is 0 Å². The van der Waals surface area contributed by atoms with Gasteiger partial charge in [-0.2, -0.15) is 10.4 Å². The molecule has 1 aromatic rings. The van der Waals surface area contributed by atoms with Crippen molar-refractivity contribution in [2.24, 2.45) is 16.6 Å². The molecule has 0 aromatic carbocycles. The summed E-state index contributed by atoms with van der Waals surface area (Å²) in [5, 5.41) is 16.4. The number of ether oxygens (including phenoxy) is 1. The van der Waals surface area contributed by atoms with Gasteiger partial charge >= 0.3 is 0 Å². The average molecular weight is 304 g/mol. The van der Waals surface area contributed by atoms with Crippen LogP contribution in [0.3, 0.4) is 0 Å². The highest BCUT2D eigenvalue weighted by atomic mass is 16.5. The van der Waals surface area contributed by atoms with Gasteiger partial charge < -0.3 is 15.8 Å². The molecular weight excluding hydrogens is 280 g/mol. The van der Waals surface area contributed by atoms with Crippen molar-refractivity contribution in [2.75, 3.05) is 19.0 Å². The number of methoxy groups -OCH3 is 1. The number of nitrogens with one attached hydrogen (secondary N) is 1. The molecule has 1 atom stereocenters. The van der Waals surface area contributed by atoms with Crippen LogP contribution in [0.4, 0.5) is 5.69 Å². The molecule has 0 amide bonds. The zero-order chi connectivity index (χ0) is 15.9. The van der Waals surface area contributed by atoms with Crippen molar-refractivity contribution in [1.29, 1.82) is 5.26 Å². The molecule has 7 heteroatoms. The summed E-state index contributed by atoms with van der Waals surface area (Å²) in [4.78, 5) is 4.29. The lowest BCUT2D eigenvalue weighted by Crippen LogP contribution is -2.25. The van der Waals surface area contributed by atoms with Gasteiger partial charge in [-0.05, 0) is 32.6 Å². The Morgan fingerprint density at radius 1 is 1.59 bits per heavy atom. The summed E-state index contributed by atoms with van der Waals surface area (Å²) in [6.07, 6.45) is 7.58. The van der Waals surface area contributed by atoms with Crippen LogP contribution in [0.1, 0.15) is 38.6 Å². The lowest BCUT2D eigenvalue weighted by molar-refractivity contribution is 0.186. The number of hydrogen-bond acceptors (Lipinski definition) is 4. The molecule has 1 saturated carbocycles. The summed E-state index contributed by atoms with van der Waals surface area (Å²) in [5.41, 5.74) is 6.70. The molecule has 0 aliphatic heterocycles. The molecule has 1 fully saturated rings. The number of aliphatic imine (C=N–C) groups is 1. The van der Waals surface area contributed by atoms with Crippen LogP contribution in [0.15, 0.2) is 17.4 Å². The molecule has 0 bridgehead atoms. The molecule has 0 spiro atoms. The SMILES string of the molecule is COCC(C)N=C(N)Nc1cnn(C2CCC(C#N)CC2)c1. The number of rotatable bonds is 5. The van der Waals surface area contributed by atoms with Crippen LogP contribution in [0.2, 0.25) is 0 Å². The number of nitrogens with two attached hydrogens (primary N) is 1. The second-order valence-corrected chi connectivity index (χ2v) is 5.79. The van der Waals surface area contributed by atoms with E-state index in [2.05, 4.69) is 21.5 Å². The highest BCUT2D eigenvalue weighted by molar-refractivity contribution is 5.92. The van der Waals surface area contributed by atoms with Crippen molar-refractivity contribution in [3.8, 4) is 6.07 Å². The topological polar surface area (TPSA) is 101 Å². The van der Waals surface area contributed by atoms with Crippen molar-refractivity contribution in [1.82, 2.24) is 9.78 Å². The third-order valence-corrected chi connectivity index (χ3v) is 3.89. The maximum absolute atomic E-state index is 8.94. The molecule has 1 aliphatic rings. The van der Waals surface area contributed by atoms with Gasteiger partial charge in [0.25, 0.3) is 0 Å². The van der Waals surface area contributed by atoms with Gasteiger partial charge in [0.15, 0.2) is 5.96 Å². The minimum absolute atomic E-state index is 0.00815. The van der Waals surface area contributed by atoms with Gasteiger partial charge in [0.1, 0.15) is 0 Å². The summed E-state index contributed by atoms with van der Waals surface area (Å²) >= 11 is 0. The van der Waals surface area contributed by atoms with E-state index in [4.69, 9.17) is 15.7 Å². The summed E-state index contributed by atoms with van der Waals surface area (Å²) in [5.74, 6) is 0.562. The first kappa shape index (κ1) is 16.3. The van der Waals surface area contributed by atoms with Crippen LogP contribution in [-0.4, -0.2) is 35.5 Å². The van der Waals surface area contributed by atoms with Crippen LogP contribution >= 0.6 is 0 Å². The van der Waals surface area contributed by atoms with Crippen molar-refractivity contribution in [2.45, 2.75) is 44.7 Å². The average Bonchev–Trinajstić information content (AvgIpc) is 2.95. The van der Waals surface area contributed by atoms with Crippen LogP contribution in [0, 0.1) is 17.2 Å². The Morgan fingerprint density at radius 2 is 2.32 bits per heavy atom. The Kier molecular flexibility index (Phi) is 5.78. The van der Waals surface area contributed by atoms with Crippen molar-refractivity contribution < 1.29 is 4.74 Å². The van der Waals surface area contributed by atoms with Gasteiger partial charge in [0.05, 0.1) is 36.6 Å². The maximum atomic E-state index is 8.94. The third kappa shape index (κ3) is 4.46. The van der Waals surface area contributed by atoms with Crippen LogP contribution in [0.5, 0.6) is 0 Å². The Bertz CT molecular complexity index is 538. The summed E-state index contributed by atoms with van der Waals surface area (Å²) in [6, 6.07) is 2.73. The van der Waals surface area contributed by atoms with E-state index in [1.54, 1.807) is 13.3 Å². The van der Waals surface area contributed by atoms with Crippen LogP contribution in [0.25, 0.3) is 0 Å². The van der Waals surface area contributed by atoms with Crippen LogP contribution in [-0.2, 0) is 4.74 Å². The predicted molar refractivity (Wildman–Crippen MR) is 85.4 cm³/mol. The Hall–Kier alpha value is -2.07. The molecule has 120 valence electrons. The first-order valence-corrected chi connectivity index (χ1v) is 7.65. The number of anilines is 1. The molecule has 1 unspecified atom stereocenters. The first-order valence-electron chi connectivity index (χ1n) is 7.65. The summed E-state index contributed by atoms with van der Waals surface area (Å²) in [6.45, 7) is 2.47. The zero-order valence-corrected chi connectivity index (χ0v) is 13.2. The van der Waals surface area contributed by atoms with Crippen molar-refractivity contribution >= 4 is 11.6 Å². The normalized spacial score (nSPS) is 23.8. The zero-order valence-electron chi connectivity index (χ0n) is 13.2. The standard InChI is InChI=1S/C15H24N6O/c1-11(10-22-2)19-15(17)20-13-8-18-21(9-13)14-5-3-12(7-16)4-6-14/h8-9,11-12,14H,3-6,10H2,1-2H3,(H3,17,19,20). The van der Waals surface area contributed by atoms with Gasteiger partial charge in [-0.15, -0.1) is 0 Å². The number of hydrogen-bond donors (Lipinski definition) is 2. The number of nitrogens with zero attached hydrogens (tertiary/aromatic N) is 4. The highest BCUT2D eigenvalue weighted by Crippen LogP contribution is 2.31. The first-order chi connectivity index (χ1) is 10.6. The molecule has 3 N–H and O–H groups in total. The van der Waals surface area contributed by atoms with E-state index in [-0.39, 0.29) is 12.0 Å². The smallest absolute Gasteiger partial charge is 0.193 e. The monoisotopic (exact) mass is 304 g/mol. The molecule has 0 radical (unpaired) electrons. The largest absolute Gasteiger partial charge is 0.382 e. The summed E-state index contributed by atoms with van der Waals surface area (Å²) in [7, 11) is 1.64. The second-order valence-electron chi connectivity index (χ2n) is 5.79. The summed E-state index contributed by atoms with van der Waals surface area (Å²) < 4.78 is 6.99. The van der Waals surface area contributed by atoms with Crippen molar-refractivity contribution in [3.05, 3.63) is 12.4 Å². The third-order valence-electron chi connectivity index (χ3n) is 3.89. The van der Waals surface area contributed by atoms with Gasteiger partial charge in [0, 0.05) is 19.2 Å². The highest BCUT2D eigenvalue weighted by Gasteiger charge is 2.22. The minimum atomic E-state index is 0.00815. The Morgan fingerprint density at radius 3 is 2.95 bits per heavy atom. The quantitative estimate of drug-likeness (QED) is 0.639. The fourth-order valence-electron chi connectivity index (χ4n) is 2.77. The van der Waals surface area contributed by atoms with E-state index in [9.17, 15) is 0 Å². The van der Waals surface area contributed by atoms with E-state index in [1.165, 1.54) is 0 Å². The van der Waals surface area contributed by atoms with E-state index in [0.717, 1.165) is 31.4 Å². The van der Waals surface area contributed by atoms with Gasteiger partial charge in [-0.3, -0.25) is 4.68 Å². The molecule has 1 aromatic heterocycles. The van der Waals surface area contributed by atoms with Gasteiger partial charge in [0.2, 0.25) is 0 Å². The molecule has 1 heterocycles. The minimum Gasteiger partial charge on any atom is -0.382 e. The molecular formula is C15H24N6O. The molecule has 7 nitrogen and oxygen atoms in total. The Labute approximate surface area is 131 Å². The maximum Gasteiger partial charge on any atom is 0.193 e. The number of aromatic nitrogens is 2. The predicted octanol–water partition coefficient (Wildman–Crippen LogP) is 1.90. The molecule has 2 rings (SSSR count). The van der Waals surface area contributed by atoms with Gasteiger partial charge in [-0.1, -0.05) is 0 Å². The van der Waals surface area contributed by atoms with E-state index in [0.29, 0.717) is 18.6 Å². The lowest BCUT2D eigenvalue weighted by Gasteiger charge is -2.24. The number of nitriles is 1. The molecule has 22 heavy (non-hydrogen) atoms.